The van der Waals surface area contributed by atoms with Crippen molar-refractivity contribution in [1.82, 2.24) is 10.4 Å². The average Bonchev–Trinajstić information content (AvgIpc) is 2.78. The van der Waals surface area contributed by atoms with E-state index in [9.17, 15) is 14.4 Å². The highest BCUT2D eigenvalue weighted by Gasteiger charge is 2.59. The van der Waals surface area contributed by atoms with Gasteiger partial charge in [0.15, 0.2) is 0 Å². The lowest BCUT2D eigenvalue weighted by Crippen LogP contribution is -2.58. The van der Waals surface area contributed by atoms with Crippen molar-refractivity contribution in [2.75, 3.05) is 0 Å². The topological polar surface area (TPSA) is 102 Å². The highest BCUT2D eigenvalue weighted by atomic mass is 32.2. The van der Waals surface area contributed by atoms with Crippen molar-refractivity contribution in [3.05, 3.63) is 35.9 Å². The van der Waals surface area contributed by atoms with Crippen LogP contribution in [0, 0.1) is 0 Å². The second-order valence-electron chi connectivity index (χ2n) is 6.36. The van der Waals surface area contributed by atoms with Crippen LogP contribution in [-0.2, 0) is 19.2 Å². The van der Waals surface area contributed by atoms with Gasteiger partial charge < -0.3 is 15.5 Å². The minimum Gasteiger partial charge on any atom is -0.338 e. The molecule has 0 radical (unpaired) electrons. The van der Waals surface area contributed by atoms with E-state index in [1.807, 2.05) is 19.9 Å². The minimum absolute atomic E-state index is 0.00678. The standard InChI is InChI=1S/C16H19N3O4S/c1-16(2)13(19-10(20)8-11(19)24-16)15(22)23-18-14(21)12(17)9-6-4-3-5-7-9/h3-7,11-13H,8,17H2,1-2H3,(H,18,21)/t11-,12?,13+/m1/s1. The fourth-order valence-electron chi connectivity index (χ4n) is 2.99. The molecule has 3 atom stereocenters. The average molecular weight is 349 g/mol. The summed E-state index contributed by atoms with van der Waals surface area (Å²) < 4.78 is -0.472. The van der Waals surface area contributed by atoms with E-state index in [-0.39, 0.29) is 11.3 Å². The number of carbonyl (C=O) groups is 3. The lowest BCUT2D eigenvalue weighted by atomic mass is 9.98. The van der Waals surface area contributed by atoms with Crippen LogP contribution in [0.1, 0.15) is 31.9 Å². The van der Waals surface area contributed by atoms with E-state index < -0.39 is 28.7 Å². The van der Waals surface area contributed by atoms with Crippen LogP contribution in [0.2, 0.25) is 0 Å². The maximum absolute atomic E-state index is 12.4. The first kappa shape index (κ1) is 16.8. The number of nitrogens with zero attached hydrogens (tertiary/aromatic N) is 1. The van der Waals surface area contributed by atoms with E-state index in [1.54, 1.807) is 36.0 Å². The fourth-order valence-corrected chi connectivity index (χ4v) is 4.61. The predicted molar refractivity (Wildman–Crippen MR) is 88.3 cm³/mol. The molecule has 1 aromatic carbocycles. The van der Waals surface area contributed by atoms with E-state index in [2.05, 4.69) is 5.48 Å². The number of benzene rings is 1. The number of nitrogens with one attached hydrogen (secondary N) is 1. The zero-order valence-electron chi connectivity index (χ0n) is 13.4. The van der Waals surface area contributed by atoms with Gasteiger partial charge in [0.25, 0.3) is 5.91 Å². The molecule has 0 aromatic heterocycles. The second-order valence-corrected chi connectivity index (χ2v) is 8.19. The maximum Gasteiger partial charge on any atom is 0.355 e. The third kappa shape index (κ3) is 2.87. The predicted octanol–water partition coefficient (Wildman–Crippen LogP) is 0.713. The lowest BCUT2D eigenvalue weighted by molar-refractivity contribution is -0.170. The third-order valence-electron chi connectivity index (χ3n) is 4.24. The van der Waals surface area contributed by atoms with Gasteiger partial charge in [-0.3, -0.25) is 9.59 Å². The Bertz CT molecular complexity index is 679. The van der Waals surface area contributed by atoms with Crippen molar-refractivity contribution in [3.63, 3.8) is 0 Å². The molecule has 2 aliphatic rings. The van der Waals surface area contributed by atoms with Crippen LogP contribution in [0.25, 0.3) is 0 Å². The van der Waals surface area contributed by atoms with E-state index >= 15 is 0 Å². The molecule has 1 unspecified atom stereocenters. The number of nitrogens with two attached hydrogens (primary N) is 1. The minimum atomic E-state index is -0.941. The molecule has 128 valence electrons. The van der Waals surface area contributed by atoms with Crippen molar-refractivity contribution >= 4 is 29.5 Å². The molecule has 7 nitrogen and oxygen atoms in total. The summed E-state index contributed by atoms with van der Waals surface area (Å²) in [6, 6.07) is 7.11. The van der Waals surface area contributed by atoms with Gasteiger partial charge in [0, 0.05) is 4.75 Å². The Morgan fingerprint density at radius 3 is 2.67 bits per heavy atom. The summed E-state index contributed by atoms with van der Waals surface area (Å²) in [6.07, 6.45) is 0.434. The number of hydrogen-bond donors (Lipinski definition) is 2. The van der Waals surface area contributed by atoms with E-state index in [0.717, 1.165) is 0 Å². The first-order chi connectivity index (χ1) is 11.3. The Morgan fingerprint density at radius 1 is 1.38 bits per heavy atom. The van der Waals surface area contributed by atoms with Gasteiger partial charge in [0.2, 0.25) is 5.91 Å². The van der Waals surface area contributed by atoms with Crippen LogP contribution in [0.4, 0.5) is 0 Å². The Morgan fingerprint density at radius 2 is 2.04 bits per heavy atom. The number of amides is 2. The SMILES string of the molecule is CC1(C)S[C@@H]2CC(=O)N2[C@H]1C(=O)ONC(=O)C(N)c1ccccc1. The molecular formula is C16H19N3O4S. The van der Waals surface area contributed by atoms with Crippen molar-refractivity contribution in [3.8, 4) is 0 Å². The van der Waals surface area contributed by atoms with Gasteiger partial charge in [0.1, 0.15) is 12.1 Å². The van der Waals surface area contributed by atoms with E-state index in [0.29, 0.717) is 12.0 Å². The van der Waals surface area contributed by atoms with Crippen LogP contribution in [0.15, 0.2) is 30.3 Å². The number of hydroxylamine groups is 1. The monoisotopic (exact) mass is 349 g/mol. The van der Waals surface area contributed by atoms with Crippen LogP contribution in [0.5, 0.6) is 0 Å². The third-order valence-corrected chi connectivity index (χ3v) is 5.74. The Balaban J connectivity index is 1.61. The zero-order valence-corrected chi connectivity index (χ0v) is 14.2. The van der Waals surface area contributed by atoms with E-state index in [4.69, 9.17) is 10.6 Å². The van der Waals surface area contributed by atoms with Crippen molar-refractivity contribution in [1.29, 1.82) is 0 Å². The molecule has 2 aliphatic heterocycles. The molecule has 0 bridgehead atoms. The van der Waals surface area contributed by atoms with Gasteiger partial charge in [-0.1, -0.05) is 30.3 Å². The van der Waals surface area contributed by atoms with Crippen LogP contribution < -0.4 is 11.2 Å². The van der Waals surface area contributed by atoms with Gasteiger partial charge >= 0.3 is 5.97 Å². The quantitative estimate of drug-likeness (QED) is 0.616. The van der Waals surface area contributed by atoms with Crippen molar-refractivity contribution in [2.45, 2.75) is 42.5 Å². The van der Waals surface area contributed by atoms with Gasteiger partial charge in [-0.2, -0.15) is 5.48 Å². The van der Waals surface area contributed by atoms with Crippen LogP contribution >= 0.6 is 11.8 Å². The molecule has 0 spiro atoms. The first-order valence-electron chi connectivity index (χ1n) is 7.61. The van der Waals surface area contributed by atoms with Gasteiger partial charge in [-0.05, 0) is 19.4 Å². The normalized spacial score (nSPS) is 25.5. The molecule has 0 saturated carbocycles. The van der Waals surface area contributed by atoms with Crippen molar-refractivity contribution < 1.29 is 19.2 Å². The molecular weight excluding hydrogens is 330 g/mol. The smallest absolute Gasteiger partial charge is 0.338 e. The van der Waals surface area contributed by atoms with E-state index in [1.165, 1.54) is 4.90 Å². The number of hydrogen-bond acceptors (Lipinski definition) is 6. The Labute approximate surface area is 143 Å². The fraction of sp³-hybridized carbons (Fsp3) is 0.438. The summed E-state index contributed by atoms with van der Waals surface area (Å²) in [7, 11) is 0. The van der Waals surface area contributed by atoms with Gasteiger partial charge in [-0.15, -0.1) is 11.8 Å². The molecule has 2 amide bonds. The molecule has 3 N–H and O–H groups in total. The molecule has 1 aromatic rings. The number of fused-ring (bicyclic) bond motifs is 1. The number of carbonyl (C=O) groups excluding carboxylic acids is 3. The Kier molecular flexibility index (Phi) is 4.27. The Hall–Kier alpha value is -2.06. The summed E-state index contributed by atoms with van der Waals surface area (Å²) in [5.41, 5.74) is 8.56. The second kappa shape index (κ2) is 6.10. The van der Waals surface area contributed by atoms with Gasteiger partial charge in [-0.25, -0.2) is 4.79 Å². The van der Waals surface area contributed by atoms with Crippen LogP contribution in [-0.4, -0.2) is 38.8 Å². The number of β-lactam (4-membered cyclic amide) rings is 1. The van der Waals surface area contributed by atoms with Crippen molar-refractivity contribution in [2.24, 2.45) is 5.73 Å². The summed E-state index contributed by atoms with van der Waals surface area (Å²) in [5.74, 6) is -1.35. The molecule has 2 heterocycles. The molecule has 0 aliphatic carbocycles. The maximum atomic E-state index is 12.4. The van der Waals surface area contributed by atoms with Gasteiger partial charge in [0.05, 0.1) is 11.8 Å². The summed E-state index contributed by atoms with van der Waals surface area (Å²) in [6.45, 7) is 3.76. The molecule has 2 fully saturated rings. The highest BCUT2D eigenvalue weighted by Crippen LogP contribution is 2.50. The molecule has 24 heavy (non-hydrogen) atoms. The highest BCUT2D eigenvalue weighted by molar-refractivity contribution is 8.01. The molecule has 8 heteroatoms. The molecule has 2 saturated heterocycles. The largest absolute Gasteiger partial charge is 0.355 e. The summed E-state index contributed by atoms with van der Waals surface area (Å²) in [5, 5.41) is 0.00678. The van der Waals surface area contributed by atoms with Crippen LogP contribution in [0.3, 0.4) is 0 Å². The number of rotatable bonds is 3. The summed E-state index contributed by atoms with van der Waals surface area (Å²) >= 11 is 1.56. The zero-order chi connectivity index (χ0) is 17.5. The summed E-state index contributed by atoms with van der Waals surface area (Å²) in [4.78, 5) is 42.6. The lowest BCUT2D eigenvalue weighted by Gasteiger charge is -2.37. The molecule has 3 rings (SSSR count). The number of thioether (sulfide) groups is 1. The first-order valence-corrected chi connectivity index (χ1v) is 8.49.